The molecule has 0 spiro atoms. The second kappa shape index (κ2) is 5.42. The first-order chi connectivity index (χ1) is 10.1. The predicted molar refractivity (Wildman–Crippen MR) is 82.8 cm³/mol. The predicted octanol–water partition coefficient (Wildman–Crippen LogP) is 3.85. The lowest BCUT2D eigenvalue weighted by Gasteiger charge is -2.09. The minimum absolute atomic E-state index is 0.115. The fraction of sp³-hybridized carbons (Fsp3) is 0. The Kier molecular flexibility index (Phi) is 3.46. The lowest BCUT2D eigenvalue weighted by molar-refractivity contribution is 0.102. The van der Waals surface area contributed by atoms with E-state index < -0.39 is 5.91 Å². The molecule has 0 aliphatic carbocycles. The molecule has 0 aliphatic heterocycles. The zero-order chi connectivity index (χ0) is 14.8. The molecule has 0 radical (unpaired) electrons. The van der Waals surface area contributed by atoms with Gasteiger partial charge in [-0.25, -0.2) is 0 Å². The number of pyridine rings is 1. The van der Waals surface area contributed by atoms with Gasteiger partial charge in [-0.2, -0.15) is 0 Å². The topological polar surface area (TPSA) is 62.2 Å². The van der Waals surface area contributed by atoms with Gasteiger partial charge < -0.3 is 10.4 Å². The molecule has 0 unspecified atom stereocenters. The number of amides is 1. The third-order valence-corrected chi connectivity index (χ3v) is 3.37. The highest BCUT2D eigenvalue weighted by Crippen LogP contribution is 2.25. The molecule has 104 valence electrons. The highest BCUT2D eigenvalue weighted by Gasteiger charge is 2.13. The van der Waals surface area contributed by atoms with Crippen LogP contribution in [0.15, 0.2) is 54.9 Å². The highest BCUT2D eigenvalue weighted by atomic mass is 35.5. The average molecular weight is 299 g/mol. The molecule has 3 aromatic rings. The van der Waals surface area contributed by atoms with Crippen molar-refractivity contribution in [2.24, 2.45) is 0 Å². The van der Waals surface area contributed by atoms with Gasteiger partial charge in [-0.3, -0.25) is 9.78 Å². The van der Waals surface area contributed by atoms with Crippen molar-refractivity contribution in [2.75, 3.05) is 5.32 Å². The summed E-state index contributed by atoms with van der Waals surface area (Å²) in [5.41, 5.74) is 0.758. The van der Waals surface area contributed by atoms with Crippen LogP contribution in [0, 0.1) is 0 Å². The van der Waals surface area contributed by atoms with E-state index in [4.69, 9.17) is 11.6 Å². The first-order valence-corrected chi connectivity index (χ1v) is 6.65. The largest absolute Gasteiger partial charge is 0.507 e. The third kappa shape index (κ3) is 2.66. The van der Waals surface area contributed by atoms with Gasteiger partial charge in [-0.05, 0) is 35.7 Å². The van der Waals surface area contributed by atoms with Crippen LogP contribution in [0.1, 0.15) is 10.4 Å². The third-order valence-electron chi connectivity index (χ3n) is 3.14. The molecule has 1 heterocycles. The van der Waals surface area contributed by atoms with Crippen molar-refractivity contribution in [3.05, 3.63) is 65.4 Å². The van der Waals surface area contributed by atoms with E-state index in [1.807, 2.05) is 18.2 Å². The van der Waals surface area contributed by atoms with Crippen molar-refractivity contribution in [1.29, 1.82) is 0 Å². The van der Waals surface area contributed by atoms with Crippen LogP contribution in [-0.2, 0) is 0 Å². The quantitative estimate of drug-likeness (QED) is 0.755. The number of fused-ring (bicyclic) bond motifs is 1. The van der Waals surface area contributed by atoms with Crippen LogP contribution in [0.5, 0.6) is 5.75 Å². The first-order valence-electron chi connectivity index (χ1n) is 6.28. The average Bonchev–Trinajstić information content (AvgIpc) is 2.50. The maximum Gasteiger partial charge on any atom is 0.259 e. The van der Waals surface area contributed by atoms with E-state index in [9.17, 15) is 9.90 Å². The van der Waals surface area contributed by atoms with Crippen molar-refractivity contribution < 1.29 is 9.90 Å². The van der Waals surface area contributed by atoms with Crippen LogP contribution in [0.4, 0.5) is 5.69 Å². The number of aromatic hydroxyl groups is 1. The minimum Gasteiger partial charge on any atom is -0.507 e. The number of hydrogen-bond donors (Lipinski definition) is 2. The van der Waals surface area contributed by atoms with Gasteiger partial charge in [-0.15, -0.1) is 0 Å². The maximum absolute atomic E-state index is 12.3. The molecule has 0 fully saturated rings. The summed E-state index contributed by atoms with van der Waals surface area (Å²) < 4.78 is 0. The Morgan fingerprint density at radius 3 is 2.90 bits per heavy atom. The second-order valence-corrected chi connectivity index (χ2v) is 4.95. The number of phenolic OH excluding ortho intramolecular Hbond substituents is 1. The number of rotatable bonds is 2. The van der Waals surface area contributed by atoms with E-state index >= 15 is 0 Å². The number of nitrogens with one attached hydrogen (secondary N) is 1. The van der Waals surface area contributed by atoms with Crippen LogP contribution < -0.4 is 5.32 Å². The summed E-state index contributed by atoms with van der Waals surface area (Å²) in [5, 5.41) is 14.7. The standard InChI is InChI=1S/C16H11ClN2O2/c17-11-4-5-15(20)12(8-11)16(21)19-14-3-1-2-10-6-7-18-9-13(10)14/h1-9,20H,(H,19,21). The maximum atomic E-state index is 12.3. The minimum atomic E-state index is -0.425. The Labute approximate surface area is 126 Å². The summed E-state index contributed by atoms with van der Waals surface area (Å²) in [5.74, 6) is -0.540. The van der Waals surface area contributed by atoms with Crippen LogP contribution >= 0.6 is 11.6 Å². The monoisotopic (exact) mass is 298 g/mol. The number of anilines is 1. The molecule has 0 saturated carbocycles. The van der Waals surface area contributed by atoms with Crippen molar-refractivity contribution in [1.82, 2.24) is 4.98 Å². The van der Waals surface area contributed by atoms with Crippen molar-refractivity contribution >= 4 is 34.0 Å². The summed E-state index contributed by atoms with van der Waals surface area (Å²) in [7, 11) is 0. The van der Waals surface area contributed by atoms with Gasteiger partial charge in [0, 0.05) is 22.8 Å². The number of aromatic nitrogens is 1. The lowest BCUT2D eigenvalue weighted by atomic mass is 10.1. The molecule has 21 heavy (non-hydrogen) atoms. The van der Waals surface area contributed by atoms with Gasteiger partial charge in [-0.1, -0.05) is 23.7 Å². The Morgan fingerprint density at radius 1 is 1.19 bits per heavy atom. The number of halogens is 1. The first kappa shape index (κ1) is 13.4. The number of benzene rings is 2. The Bertz CT molecular complexity index is 828. The number of carbonyl (C=O) groups is 1. The SMILES string of the molecule is O=C(Nc1cccc2ccncc12)c1cc(Cl)ccc1O. The highest BCUT2D eigenvalue weighted by molar-refractivity contribution is 6.31. The molecule has 2 N–H and O–H groups in total. The molecule has 5 heteroatoms. The molecule has 4 nitrogen and oxygen atoms in total. The molecule has 1 amide bonds. The van der Waals surface area contributed by atoms with E-state index in [2.05, 4.69) is 10.3 Å². The number of phenols is 1. The lowest BCUT2D eigenvalue weighted by Crippen LogP contribution is -2.12. The zero-order valence-electron chi connectivity index (χ0n) is 10.9. The van der Waals surface area contributed by atoms with E-state index in [1.165, 1.54) is 18.2 Å². The summed E-state index contributed by atoms with van der Waals surface area (Å²) in [6.45, 7) is 0. The second-order valence-electron chi connectivity index (χ2n) is 4.52. The van der Waals surface area contributed by atoms with Gasteiger partial charge >= 0.3 is 0 Å². The summed E-state index contributed by atoms with van der Waals surface area (Å²) in [6, 6.07) is 11.8. The molecule has 1 aromatic heterocycles. The van der Waals surface area contributed by atoms with E-state index in [0.29, 0.717) is 10.7 Å². The number of hydrogen-bond acceptors (Lipinski definition) is 3. The van der Waals surface area contributed by atoms with Crippen molar-refractivity contribution in [3.63, 3.8) is 0 Å². The molecule has 0 saturated heterocycles. The molecular formula is C16H11ClN2O2. The molecule has 0 aliphatic rings. The van der Waals surface area contributed by atoms with Crippen LogP contribution in [0.25, 0.3) is 10.8 Å². The van der Waals surface area contributed by atoms with Gasteiger partial charge in [0.15, 0.2) is 0 Å². The Morgan fingerprint density at radius 2 is 2.05 bits per heavy atom. The van der Waals surface area contributed by atoms with Gasteiger partial charge in [0.25, 0.3) is 5.91 Å². The fourth-order valence-electron chi connectivity index (χ4n) is 2.10. The number of nitrogens with zero attached hydrogens (tertiary/aromatic N) is 1. The Hall–Kier alpha value is -2.59. The van der Waals surface area contributed by atoms with Gasteiger partial charge in [0.1, 0.15) is 5.75 Å². The molecule has 2 aromatic carbocycles. The number of carbonyl (C=O) groups excluding carboxylic acids is 1. The summed E-state index contributed by atoms with van der Waals surface area (Å²) in [6.07, 6.45) is 3.37. The molecule has 0 bridgehead atoms. The molecular weight excluding hydrogens is 288 g/mol. The Balaban J connectivity index is 1.99. The smallest absolute Gasteiger partial charge is 0.259 e. The normalized spacial score (nSPS) is 10.5. The van der Waals surface area contributed by atoms with Crippen LogP contribution in [-0.4, -0.2) is 16.0 Å². The summed E-state index contributed by atoms with van der Waals surface area (Å²) in [4.78, 5) is 16.3. The molecule has 0 atom stereocenters. The van der Waals surface area contributed by atoms with E-state index in [1.54, 1.807) is 18.5 Å². The van der Waals surface area contributed by atoms with Gasteiger partial charge in [0.2, 0.25) is 0 Å². The van der Waals surface area contributed by atoms with E-state index in [0.717, 1.165) is 10.8 Å². The fourth-order valence-corrected chi connectivity index (χ4v) is 2.27. The van der Waals surface area contributed by atoms with E-state index in [-0.39, 0.29) is 11.3 Å². The van der Waals surface area contributed by atoms with Gasteiger partial charge in [0.05, 0.1) is 11.3 Å². The van der Waals surface area contributed by atoms with Crippen molar-refractivity contribution in [2.45, 2.75) is 0 Å². The van der Waals surface area contributed by atoms with Crippen LogP contribution in [0.2, 0.25) is 5.02 Å². The summed E-state index contributed by atoms with van der Waals surface area (Å²) >= 11 is 5.86. The molecule has 3 rings (SSSR count). The zero-order valence-corrected chi connectivity index (χ0v) is 11.6. The van der Waals surface area contributed by atoms with Crippen LogP contribution in [0.3, 0.4) is 0 Å². The van der Waals surface area contributed by atoms with Crippen molar-refractivity contribution in [3.8, 4) is 5.75 Å².